The van der Waals surface area contributed by atoms with E-state index in [-0.39, 0.29) is 0 Å². The van der Waals surface area contributed by atoms with Crippen LogP contribution < -0.4 is 0 Å². The van der Waals surface area contributed by atoms with Crippen LogP contribution in [0.2, 0.25) is 0 Å². The van der Waals surface area contributed by atoms with Gasteiger partial charge in [0.1, 0.15) is 6.17 Å². The first kappa shape index (κ1) is 12.7. The van der Waals surface area contributed by atoms with Gasteiger partial charge in [0.2, 0.25) is 0 Å². The molecule has 0 aliphatic rings. The lowest BCUT2D eigenvalue weighted by atomic mass is 9.85. The molecule has 0 amide bonds. The first-order chi connectivity index (χ1) is 7.33. The number of hydrogen-bond acceptors (Lipinski definition) is 1. The highest BCUT2D eigenvalue weighted by Gasteiger charge is 2.27. The highest BCUT2D eigenvalue weighted by atomic mass is 19.1. The molecule has 0 fully saturated rings. The smallest absolute Gasteiger partial charge is 0.309 e. The lowest BCUT2D eigenvalue weighted by Gasteiger charge is -2.19. The summed E-state index contributed by atoms with van der Waals surface area (Å²) in [5, 5.41) is 9.01. The fourth-order valence-electron chi connectivity index (χ4n) is 1.54. The van der Waals surface area contributed by atoms with Crippen LogP contribution in [-0.2, 0) is 11.2 Å². The van der Waals surface area contributed by atoms with E-state index in [1.54, 1.807) is 32.0 Å². The number of hydrogen-bond donors (Lipinski definition) is 1. The first-order valence-electron chi connectivity index (χ1n) is 5.29. The standard InChI is InChI=1S/C13H17FO2/c1-9(14)11-6-4-5-10(7-11)8-13(2,3)12(15)16/h4-7,9H,8H2,1-3H3,(H,15,16). The molecule has 0 saturated heterocycles. The molecule has 2 nitrogen and oxygen atoms in total. The van der Waals surface area contributed by atoms with E-state index in [4.69, 9.17) is 5.11 Å². The van der Waals surface area contributed by atoms with Crippen molar-refractivity contribution in [2.45, 2.75) is 33.4 Å². The van der Waals surface area contributed by atoms with Crippen molar-refractivity contribution < 1.29 is 14.3 Å². The van der Waals surface area contributed by atoms with Crippen LogP contribution in [0.1, 0.15) is 38.1 Å². The minimum Gasteiger partial charge on any atom is -0.481 e. The Morgan fingerprint density at radius 3 is 2.62 bits per heavy atom. The number of alkyl halides is 1. The van der Waals surface area contributed by atoms with Crippen LogP contribution in [0, 0.1) is 5.41 Å². The summed E-state index contributed by atoms with van der Waals surface area (Å²) in [6.45, 7) is 4.81. The molecule has 0 heterocycles. The number of aliphatic carboxylic acids is 1. The van der Waals surface area contributed by atoms with Gasteiger partial charge in [-0.1, -0.05) is 24.3 Å². The molecular weight excluding hydrogens is 207 g/mol. The number of carboxylic acids is 1. The van der Waals surface area contributed by atoms with Crippen molar-refractivity contribution in [2.75, 3.05) is 0 Å². The van der Waals surface area contributed by atoms with Crippen molar-refractivity contribution in [3.8, 4) is 0 Å². The Morgan fingerprint density at radius 1 is 1.50 bits per heavy atom. The van der Waals surface area contributed by atoms with Crippen molar-refractivity contribution in [1.82, 2.24) is 0 Å². The van der Waals surface area contributed by atoms with Crippen LogP contribution in [-0.4, -0.2) is 11.1 Å². The Bertz CT molecular complexity index is 383. The average Bonchev–Trinajstić information content (AvgIpc) is 2.17. The van der Waals surface area contributed by atoms with E-state index >= 15 is 0 Å². The molecule has 0 aliphatic carbocycles. The SMILES string of the molecule is CC(F)c1cccc(CC(C)(C)C(=O)O)c1. The van der Waals surface area contributed by atoms with E-state index < -0.39 is 17.6 Å². The average molecular weight is 224 g/mol. The lowest BCUT2D eigenvalue weighted by molar-refractivity contribution is -0.146. The van der Waals surface area contributed by atoms with E-state index in [9.17, 15) is 9.18 Å². The maximum atomic E-state index is 13.1. The molecule has 0 aliphatic heterocycles. The summed E-state index contributed by atoms with van der Waals surface area (Å²) in [5.74, 6) is -0.841. The number of carbonyl (C=O) groups is 1. The fourth-order valence-corrected chi connectivity index (χ4v) is 1.54. The zero-order valence-corrected chi connectivity index (χ0v) is 9.83. The maximum absolute atomic E-state index is 13.1. The summed E-state index contributed by atoms with van der Waals surface area (Å²) in [6.07, 6.45) is -0.615. The molecular formula is C13H17FO2. The number of halogens is 1. The van der Waals surface area contributed by atoms with Gasteiger partial charge in [-0.15, -0.1) is 0 Å². The maximum Gasteiger partial charge on any atom is 0.309 e. The first-order valence-corrected chi connectivity index (χ1v) is 5.29. The van der Waals surface area contributed by atoms with Gasteiger partial charge in [-0.3, -0.25) is 4.79 Å². The van der Waals surface area contributed by atoms with Gasteiger partial charge >= 0.3 is 5.97 Å². The van der Waals surface area contributed by atoms with E-state index in [1.807, 2.05) is 6.07 Å². The van der Waals surface area contributed by atoms with Gasteiger partial charge in [-0.2, -0.15) is 0 Å². The van der Waals surface area contributed by atoms with Gasteiger partial charge in [-0.05, 0) is 38.3 Å². The number of benzene rings is 1. The molecule has 1 N–H and O–H groups in total. The fraction of sp³-hybridized carbons (Fsp3) is 0.462. The highest BCUT2D eigenvalue weighted by Crippen LogP contribution is 2.24. The van der Waals surface area contributed by atoms with Crippen molar-refractivity contribution in [2.24, 2.45) is 5.41 Å². The zero-order valence-electron chi connectivity index (χ0n) is 9.83. The lowest BCUT2D eigenvalue weighted by Crippen LogP contribution is -2.26. The molecule has 1 rings (SSSR count). The van der Waals surface area contributed by atoms with Crippen molar-refractivity contribution >= 4 is 5.97 Å². The number of carboxylic acid groups (broad SMARTS) is 1. The summed E-state index contributed by atoms with van der Waals surface area (Å²) in [4.78, 5) is 11.0. The molecule has 0 bridgehead atoms. The van der Waals surface area contributed by atoms with Crippen molar-refractivity contribution in [3.05, 3.63) is 35.4 Å². The van der Waals surface area contributed by atoms with E-state index in [0.717, 1.165) is 5.56 Å². The third kappa shape index (κ3) is 3.05. The van der Waals surface area contributed by atoms with Crippen LogP contribution in [0.3, 0.4) is 0 Å². The predicted octanol–water partition coefficient (Wildman–Crippen LogP) is 3.37. The van der Waals surface area contributed by atoms with Gasteiger partial charge < -0.3 is 5.11 Å². The Morgan fingerprint density at radius 2 is 2.12 bits per heavy atom. The Kier molecular flexibility index (Phi) is 3.68. The Labute approximate surface area is 95.1 Å². The molecule has 0 aromatic heterocycles. The molecule has 0 spiro atoms. The minimum absolute atomic E-state index is 0.406. The molecule has 3 heteroatoms. The van der Waals surface area contributed by atoms with Crippen LogP contribution in [0.15, 0.2) is 24.3 Å². The van der Waals surface area contributed by atoms with Crippen molar-refractivity contribution in [1.29, 1.82) is 0 Å². The normalized spacial score (nSPS) is 13.5. The summed E-state index contributed by atoms with van der Waals surface area (Å²) in [5.41, 5.74) is 0.631. The molecule has 1 aromatic rings. The second kappa shape index (κ2) is 4.64. The summed E-state index contributed by atoms with van der Waals surface area (Å²) in [6, 6.07) is 7.03. The molecule has 16 heavy (non-hydrogen) atoms. The zero-order chi connectivity index (χ0) is 12.3. The quantitative estimate of drug-likeness (QED) is 0.851. The summed E-state index contributed by atoms with van der Waals surface area (Å²) in [7, 11) is 0. The predicted molar refractivity (Wildman–Crippen MR) is 61.1 cm³/mol. The molecule has 88 valence electrons. The minimum atomic E-state index is -1.02. The monoisotopic (exact) mass is 224 g/mol. The molecule has 0 saturated carbocycles. The van der Waals surface area contributed by atoms with Crippen LogP contribution in [0.5, 0.6) is 0 Å². The highest BCUT2D eigenvalue weighted by molar-refractivity contribution is 5.74. The third-order valence-corrected chi connectivity index (χ3v) is 2.64. The van der Waals surface area contributed by atoms with Gasteiger partial charge in [0, 0.05) is 0 Å². The van der Waals surface area contributed by atoms with E-state index in [0.29, 0.717) is 12.0 Å². The van der Waals surface area contributed by atoms with E-state index in [1.165, 1.54) is 6.92 Å². The van der Waals surface area contributed by atoms with Gasteiger partial charge in [-0.25, -0.2) is 4.39 Å². The number of rotatable bonds is 4. The topological polar surface area (TPSA) is 37.3 Å². The second-order valence-corrected chi connectivity index (χ2v) is 4.73. The van der Waals surface area contributed by atoms with E-state index in [2.05, 4.69) is 0 Å². The Balaban J connectivity index is 2.90. The Hall–Kier alpha value is -1.38. The molecule has 0 radical (unpaired) electrons. The molecule has 1 unspecified atom stereocenters. The van der Waals surface area contributed by atoms with Crippen LogP contribution >= 0.6 is 0 Å². The van der Waals surface area contributed by atoms with Gasteiger partial charge in [0.05, 0.1) is 5.41 Å². The third-order valence-electron chi connectivity index (χ3n) is 2.64. The summed E-state index contributed by atoms with van der Waals surface area (Å²) >= 11 is 0. The van der Waals surface area contributed by atoms with Gasteiger partial charge in [0.25, 0.3) is 0 Å². The largest absolute Gasteiger partial charge is 0.481 e. The van der Waals surface area contributed by atoms with Crippen molar-refractivity contribution in [3.63, 3.8) is 0 Å². The molecule has 1 atom stereocenters. The van der Waals surface area contributed by atoms with Crippen LogP contribution in [0.25, 0.3) is 0 Å². The second-order valence-electron chi connectivity index (χ2n) is 4.73. The van der Waals surface area contributed by atoms with Crippen LogP contribution in [0.4, 0.5) is 4.39 Å². The molecule has 1 aromatic carbocycles. The summed E-state index contributed by atoms with van der Waals surface area (Å²) < 4.78 is 13.1. The van der Waals surface area contributed by atoms with Gasteiger partial charge in [0.15, 0.2) is 0 Å².